The van der Waals surface area contributed by atoms with Gasteiger partial charge in [-0.25, -0.2) is 4.98 Å². The van der Waals surface area contributed by atoms with E-state index in [9.17, 15) is 0 Å². The maximum atomic E-state index is 5.72. The first-order valence-electron chi connectivity index (χ1n) is 6.73. The lowest BCUT2D eigenvalue weighted by atomic mass is 10.1. The first kappa shape index (κ1) is 14.2. The van der Waals surface area contributed by atoms with E-state index in [1.807, 2.05) is 45.0 Å². The molecule has 1 aromatic heterocycles. The Morgan fingerprint density at radius 3 is 2.55 bits per heavy atom. The summed E-state index contributed by atoms with van der Waals surface area (Å²) in [7, 11) is 0. The lowest BCUT2D eigenvalue weighted by molar-refractivity contribution is 0.320. The highest BCUT2D eigenvalue weighted by Crippen LogP contribution is 2.14. The van der Waals surface area contributed by atoms with Crippen molar-refractivity contribution in [1.82, 2.24) is 4.98 Å². The summed E-state index contributed by atoms with van der Waals surface area (Å²) in [6.45, 7) is 6.24. The lowest BCUT2D eigenvalue weighted by Gasteiger charge is -2.05. The van der Waals surface area contributed by atoms with Crippen LogP contribution in [0.3, 0.4) is 0 Å². The summed E-state index contributed by atoms with van der Waals surface area (Å²) in [5.41, 5.74) is 2.17. The van der Waals surface area contributed by atoms with Crippen molar-refractivity contribution in [2.75, 3.05) is 6.61 Å². The van der Waals surface area contributed by atoms with E-state index in [1.165, 1.54) is 5.56 Å². The third kappa shape index (κ3) is 3.89. The van der Waals surface area contributed by atoms with Gasteiger partial charge in [-0.1, -0.05) is 18.1 Å². The molecule has 0 aliphatic carbocycles. The van der Waals surface area contributed by atoms with Crippen molar-refractivity contribution in [2.24, 2.45) is 0 Å². The molecule has 2 rings (SSSR count). The second kappa shape index (κ2) is 6.81. The maximum absolute atomic E-state index is 5.72. The zero-order chi connectivity index (χ0) is 14.4. The monoisotopic (exact) mass is 269 g/mol. The molecule has 0 atom stereocenters. The third-order valence-corrected chi connectivity index (χ3v) is 3.00. The molecular weight excluding hydrogens is 250 g/mol. The van der Waals surface area contributed by atoms with Crippen molar-refractivity contribution < 1.29 is 9.15 Å². The van der Waals surface area contributed by atoms with Crippen molar-refractivity contribution in [3.63, 3.8) is 0 Å². The van der Waals surface area contributed by atoms with Crippen LogP contribution >= 0.6 is 0 Å². The quantitative estimate of drug-likeness (QED) is 0.779. The molecule has 0 spiro atoms. The normalized spacial score (nSPS) is 9.95. The van der Waals surface area contributed by atoms with Gasteiger partial charge in [0, 0.05) is 19.8 Å². The fraction of sp³-hybridized carbons (Fsp3) is 0.353. The van der Waals surface area contributed by atoms with Crippen LogP contribution in [0.15, 0.2) is 28.7 Å². The van der Waals surface area contributed by atoms with Crippen LogP contribution in [0.4, 0.5) is 0 Å². The van der Waals surface area contributed by atoms with Gasteiger partial charge < -0.3 is 9.15 Å². The highest BCUT2D eigenvalue weighted by Gasteiger charge is 2.06. The summed E-state index contributed by atoms with van der Waals surface area (Å²) in [5, 5.41) is 0. The van der Waals surface area contributed by atoms with Gasteiger partial charge in [-0.05, 0) is 31.5 Å². The number of hydrogen-bond donors (Lipinski definition) is 0. The van der Waals surface area contributed by atoms with Gasteiger partial charge in [0.1, 0.15) is 11.5 Å². The Balaban J connectivity index is 1.84. The molecule has 3 heteroatoms. The molecule has 0 saturated heterocycles. The maximum Gasteiger partial charge on any atom is 0.191 e. The number of rotatable bonds is 5. The number of hydrogen-bond acceptors (Lipinski definition) is 3. The number of oxazole rings is 1. The smallest absolute Gasteiger partial charge is 0.191 e. The van der Waals surface area contributed by atoms with E-state index >= 15 is 0 Å². The molecule has 0 aliphatic rings. The average molecular weight is 269 g/mol. The Labute approximate surface area is 120 Å². The van der Waals surface area contributed by atoms with E-state index in [2.05, 4.69) is 16.8 Å². The van der Waals surface area contributed by atoms with E-state index in [0.29, 0.717) is 12.5 Å². The SMILES string of the molecule is CC#CCc1ccc(OCCc2nc(C)oc2C)cc1. The van der Waals surface area contributed by atoms with Crippen molar-refractivity contribution in [3.05, 3.63) is 47.2 Å². The predicted molar refractivity (Wildman–Crippen MR) is 78.8 cm³/mol. The number of aryl methyl sites for hydroxylation is 2. The Morgan fingerprint density at radius 2 is 1.95 bits per heavy atom. The Morgan fingerprint density at radius 1 is 1.20 bits per heavy atom. The predicted octanol–water partition coefficient (Wildman–Crippen LogP) is 3.48. The van der Waals surface area contributed by atoms with Crippen LogP contribution in [0.1, 0.15) is 29.8 Å². The van der Waals surface area contributed by atoms with Crippen LogP contribution in [0.2, 0.25) is 0 Å². The molecule has 1 heterocycles. The number of aromatic nitrogens is 1. The van der Waals surface area contributed by atoms with Gasteiger partial charge in [0.25, 0.3) is 0 Å². The van der Waals surface area contributed by atoms with E-state index in [4.69, 9.17) is 9.15 Å². The summed E-state index contributed by atoms with van der Waals surface area (Å²) >= 11 is 0. The molecule has 104 valence electrons. The fourth-order valence-corrected chi connectivity index (χ4v) is 1.96. The minimum Gasteiger partial charge on any atom is -0.493 e. The summed E-state index contributed by atoms with van der Waals surface area (Å²) in [5.74, 6) is 8.39. The van der Waals surface area contributed by atoms with Crippen molar-refractivity contribution >= 4 is 0 Å². The molecule has 0 bridgehead atoms. The molecule has 2 aromatic rings. The largest absolute Gasteiger partial charge is 0.493 e. The number of ether oxygens (including phenoxy) is 1. The topological polar surface area (TPSA) is 35.3 Å². The molecule has 20 heavy (non-hydrogen) atoms. The lowest BCUT2D eigenvalue weighted by Crippen LogP contribution is -2.02. The average Bonchev–Trinajstić information content (AvgIpc) is 2.76. The van der Waals surface area contributed by atoms with Gasteiger partial charge in [0.2, 0.25) is 0 Å². The molecule has 0 fully saturated rings. The van der Waals surface area contributed by atoms with Gasteiger partial charge in [0.15, 0.2) is 5.89 Å². The molecule has 1 aromatic carbocycles. The van der Waals surface area contributed by atoms with Gasteiger partial charge in [-0.3, -0.25) is 0 Å². The van der Waals surface area contributed by atoms with Crippen molar-refractivity contribution in [3.8, 4) is 17.6 Å². The minimum absolute atomic E-state index is 0.598. The first-order chi connectivity index (χ1) is 9.69. The molecule has 0 saturated carbocycles. The Kier molecular flexibility index (Phi) is 4.84. The van der Waals surface area contributed by atoms with E-state index in [1.54, 1.807) is 0 Å². The van der Waals surface area contributed by atoms with Gasteiger partial charge in [0.05, 0.1) is 12.3 Å². The van der Waals surface area contributed by atoms with Crippen LogP contribution in [0.25, 0.3) is 0 Å². The summed E-state index contributed by atoms with van der Waals surface area (Å²) in [6, 6.07) is 8.05. The molecule has 3 nitrogen and oxygen atoms in total. The van der Waals surface area contributed by atoms with Crippen molar-refractivity contribution in [1.29, 1.82) is 0 Å². The minimum atomic E-state index is 0.598. The molecule has 0 unspecified atom stereocenters. The highest BCUT2D eigenvalue weighted by molar-refractivity contribution is 5.29. The van der Waals surface area contributed by atoms with Crippen molar-refractivity contribution in [2.45, 2.75) is 33.6 Å². The van der Waals surface area contributed by atoms with E-state index in [-0.39, 0.29) is 0 Å². The standard InChI is InChI=1S/C17H19NO2/c1-4-5-6-15-7-9-16(10-8-15)19-12-11-17-13(2)20-14(3)18-17/h7-10H,6,11-12H2,1-3H3. The fourth-order valence-electron chi connectivity index (χ4n) is 1.96. The van der Waals surface area contributed by atoms with Crippen LogP contribution in [-0.2, 0) is 12.8 Å². The summed E-state index contributed by atoms with van der Waals surface area (Å²) in [6.07, 6.45) is 1.54. The molecular formula is C17H19NO2. The van der Waals surface area contributed by atoms with Crippen LogP contribution in [0.5, 0.6) is 5.75 Å². The summed E-state index contributed by atoms with van der Waals surface area (Å²) < 4.78 is 11.1. The van der Waals surface area contributed by atoms with Crippen LogP contribution in [0, 0.1) is 25.7 Å². The third-order valence-electron chi connectivity index (χ3n) is 3.00. The molecule has 0 N–H and O–H groups in total. The molecule has 0 aliphatic heterocycles. The second-order valence-corrected chi connectivity index (χ2v) is 4.58. The van der Waals surface area contributed by atoms with Gasteiger partial charge >= 0.3 is 0 Å². The molecule has 0 radical (unpaired) electrons. The number of nitrogens with zero attached hydrogens (tertiary/aromatic N) is 1. The summed E-state index contributed by atoms with van der Waals surface area (Å²) in [4.78, 5) is 4.33. The first-order valence-corrected chi connectivity index (χ1v) is 6.73. The van der Waals surface area contributed by atoms with E-state index < -0.39 is 0 Å². The Bertz CT molecular complexity index is 615. The zero-order valence-electron chi connectivity index (χ0n) is 12.2. The Hall–Kier alpha value is -2.21. The second-order valence-electron chi connectivity index (χ2n) is 4.58. The number of benzene rings is 1. The molecule has 0 amide bonds. The van der Waals surface area contributed by atoms with Crippen LogP contribution in [-0.4, -0.2) is 11.6 Å². The zero-order valence-corrected chi connectivity index (χ0v) is 12.2. The van der Waals surface area contributed by atoms with E-state index in [0.717, 1.165) is 30.0 Å². The highest BCUT2D eigenvalue weighted by atomic mass is 16.5. The van der Waals surface area contributed by atoms with Crippen LogP contribution < -0.4 is 4.74 Å². The van der Waals surface area contributed by atoms with Gasteiger partial charge in [-0.2, -0.15) is 0 Å². The van der Waals surface area contributed by atoms with Gasteiger partial charge in [-0.15, -0.1) is 5.92 Å².